The molecule has 1 aliphatic heterocycles. The minimum atomic E-state index is -4.57. The molecule has 1 N–H and O–H groups in total. The standard InChI is InChI=1S/C12H17F3N2OS/c1-8-7-16-10(19-8)17-5-3-9(4-6-17)11(2,18)12(13,14)15/h7,9,18H,3-6H2,1-2H3. The van der Waals surface area contributed by atoms with Crippen LogP contribution in [0.25, 0.3) is 0 Å². The van der Waals surface area contributed by atoms with Gasteiger partial charge in [0.25, 0.3) is 0 Å². The van der Waals surface area contributed by atoms with Gasteiger partial charge in [-0.1, -0.05) is 0 Å². The Morgan fingerprint density at radius 3 is 2.37 bits per heavy atom. The monoisotopic (exact) mass is 294 g/mol. The maximum absolute atomic E-state index is 12.8. The van der Waals surface area contributed by atoms with Gasteiger partial charge in [0.1, 0.15) is 0 Å². The summed E-state index contributed by atoms with van der Waals surface area (Å²) in [5, 5.41) is 10.5. The topological polar surface area (TPSA) is 36.4 Å². The Bertz CT molecular complexity index is 436. The van der Waals surface area contributed by atoms with Crippen molar-refractivity contribution in [2.75, 3.05) is 18.0 Å². The van der Waals surface area contributed by atoms with Crippen LogP contribution in [-0.2, 0) is 0 Å². The van der Waals surface area contributed by atoms with E-state index in [9.17, 15) is 18.3 Å². The molecule has 0 radical (unpaired) electrons. The van der Waals surface area contributed by atoms with Gasteiger partial charge in [-0.2, -0.15) is 13.2 Å². The van der Waals surface area contributed by atoms with Crippen LogP contribution in [-0.4, -0.2) is 35.0 Å². The molecule has 3 nitrogen and oxygen atoms in total. The largest absolute Gasteiger partial charge is 0.417 e. The Kier molecular flexibility index (Phi) is 3.79. The Balaban J connectivity index is 2.00. The van der Waals surface area contributed by atoms with Crippen molar-refractivity contribution in [3.05, 3.63) is 11.1 Å². The molecule has 1 fully saturated rings. The number of nitrogens with zero attached hydrogens (tertiary/aromatic N) is 2. The molecule has 2 rings (SSSR count). The number of thiazole rings is 1. The molecule has 0 amide bonds. The minimum Gasteiger partial charge on any atom is -0.380 e. The maximum atomic E-state index is 12.8. The van der Waals surface area contributed by atoms with Gasteiger partial charge in [-0.15, -0.1) is 11.3 Å². The highest BCUT2D eigenvalue weighted by atomic mass is 32.1. The van der Waals surface area contributed by atoms with Gasteiger partial charge in [-0.3, -0.25) is 0 Å². The Labute approximate surface area is 114 Å². The molecule has 7 heteroatoms. The summed E-state index contributed by atoms with van der Waals surface area (Å²) in [6.07, 6.45) is -2.16. The molecule has 1 saturated heterocycles. The zero-order valence-electron chi connectivity index (χ0n) is 10.9. The summed E-state index contributed by atoms with van der Waals surface area (Å²) in [4.78, 5) is 7.30. The van der Waals surface area contributed by atoms with E-state index in [0.29, 0.717) is 25.9 Å². The molecular formula is C12H17F3N2OS. The molecule has 1 aromatic rings. The van der Waals surface area contributed by atoms with E-state index < -0.39 is 17.7 Å². The average Bonchev–Trinajstić information content (AvgIpc) is 2.74. The van der Waals surface area contributed by atoms with Crippen molar-refractivity contribution in [2.24, 2.45) is 5.92 Å². The summed E-state index contributed by atoms with van der Waals surface area (Å²) in [5.74, 6) is -0.746. The number of hydrogen-bond acceptors (Lipinski definition) is 4. The first-order valence-electron chi connectivity index (χ1n) is 6.18. The number of aromatic nitrogens is 1. The van der Waals surface area contributed by atoms with Crippen LogP contribution in [0.5, 0.6) is 0 Å². The lowest BCUT2D eigenvalue weighted by atomic mass is 9.81. The molecule has 1 aliphatic rings. The van der Waals surface area contributed by atoms with Gasteiger partial charge in [0, 0.05) is 24.2 Å². The summed E-state index contributed by atoms with van der Waals surface area (Å²) < 4.78 is 38.3. The zero-order chi connectivity index (χ0) is 14.3. The van der Waals surface area contributed by atoms with Crippen LogP contribution in [0.2, 0.25) is 0 Å². The molecule has 0 aromatic carbocycles. The SMILES string of the molecule is Cc1cnc(N2CCC(C(C)(O)C(F)(F)F)CC2)s1. The van der Waals surface area contributed by atoms with E-state index in [0.717, 1.165) is 16.9 Å². The molecule has 0 bridgehead atoms. The van der Waals surface area contributed by atoms with Gasteiger partial charge in [-0.25, -0.2) is 4.98 Å². The number of rotatable bonds is 2. The molecule has 108 valence electrons. The Hall–Kier alpha value is -0.820. The molecule has 1 aromatic heterocycles. The minimum absolute atomic E-state index is 0.325. The van der Waals surface area contributed by atoms with Crippen LogP contribution in [0, 0.1) is 12.8 Å². The van der Waals surface area contributed by atoms with E-state index in [4.69, 9.17) is 0 Å². The molecule has 2 heterocycles. The van der Waals surface area contributed by atoms with Gasteiger partial charge in [0.15, 0.2) is 10.7 Å². The first-order valence-corrected chi connectivity index (χ1v) is 7.00. The molecule has 1 atom stereocenters. The van der Waals surface area contributed by atoms with Crippen molar-refractivity contribution in [1.82, 2.24) is 4.98 Å². The number of aryl methyl sites for hydroxylation is 1. The quantitative estimate of drug-likeness (QED) is 0.911. The number of aliphatic hydroxyl groups is 1. The lowest BCUT2D eigenvalue weighted by Crippen LogP contribution is -2.52. The molecule has 19 heavy (non-hydrogen) atoms. The smallest absolute Gasteiger partial charge is 0.380 e. The summed E-state index contributed by atoms with van der Waals surface area (Å²) in [6, 6.07) is 0. The third kappa shape index (κ3) is 2.86. The highest BCUT2D eigenvalue weighted by molar-refractivity contribution is 7.15. The van der Waals surface area contributed by atoms with Crippen LogP contribution in [0.1, 0.15) is 24.6 Å². The zero-order valence-corrected chi connectivity index (χ0v) is 11.7. The Morgan fingerprint density at radius 2 is 1.95 bits per heavy atom. The fourth-order valence-electron chi connectivity index (χ4n) is 2.35. The first-order chi connectivity index (χ1) is 8.72. The average molecular weight is 294 g/mol. The lowest BCUT2D eigenvalue weighted by molar-refractivity contribution is -0.273. The Morgan fingerprint density at radius 1 is 1.37 bits per heavy atom. The fraction of sp³-hybridized carbons (Fsp3) is 0.750. The van der Waals surface area contributed by atoms with Crippen molar-refractivity contribution in [2.45, 2.75) is 38.5 Å². The van der Waals surface area contributed by atoms with Gasteiger partial charge < -0.3 is 10.0 Å². The van der Waals surface area contributed by atoms with Gasteiger partial charge in [0.05, 0.1) is 0 Å². The number of piperidine rings is 1. The van der Waals surface area contributed by atoms with Crippen molar-refractivity contribution in [3.8, 4) is 0 Å². The second kappa shape index (κ2) is 4.94. The molecule has 0 spiro atoms. The van der Waals surface area contributed by atoms with E-state index in [2.05, 4.69) is 4.98 Å². The van der Waals surface area contributed by atoms with E-state index in [1.165, 1.54) is 11.3 Å². The van der Waals surface area contributed by atoms with Crippen molar-refractivity contribution in [3.63, 3.8) is 0 Å². The first kappa shape index (κ1) is 14.6. The molecule has 1 unspecified atom stereocenters. The van der Waals surface area contributed by atoms with Crippen molar-refractivity contribution in [1.29, 1.82) is 0 Å². The molecular weight excluding hydrogens is 277 g/mol. The van der Waals surface area contributed by atoms with Crippen LogP contribution in [0.3, 0.4) is 0 Å². The van der Waals surface area contributed by atoms with Crippen molar-refractivity contribution < 1.29 is 18.3 Å². The third-order valence-electron chi connectivity index (χ3n) is 3.74. The fourth-order valence-corrected chi connectivity index (χ4v) is 3.16. The predicted octanol–water partition coefficient (Wildman–Crippen LogP) is 2.98. The number of hydrogen-bond donors (Lipinski definition) is 1. The maximum Gasteiger partial charge on any atom is 0.417 e. The third-order valence-corrected chi connectivity index (χ3v) is 4.72. The highest BCUT2D eigenvalue weighted by Gasteiger charge is 2.55. The summed E-state index contributed by atoms with van der Waals surface area (Å²) in [5.41, 5.74) is -2.60. The van der Waals surface area contributed by atoms with Gasteiger partial charge in [0.2, 0.25) is 0 Å². The normalized spacial score (nSPS) is 21.5. The van der Waals surface area contributed by atoms with Gasteiger partial charge >= 0.3 is 6.18 Å². The van der Waals surface area contributed by atoms with E-state index in [1.54, 1.807) is 6.20 Å². The lowest BCUT2D eigenvalue weighted by Gasteiger charge is -2.40. The van der Waals surface area contributed by atoms with Crippen LogP contribution < -0.4 is 4.90 Å². The van der Waals surface area contributed by atoms with E-state index in [1.807, 2.05) is 11.8 Å². The number of anilines is 1. The van der Waals surface area contributed by atoms with Gasteiger partial charge in [-0.05, 0) is 32.6 Å². The molecule has 0 saturated carbocycles. The van der Waals surface area contributed by atoms with Crippen LogP contribution in [0.15, 0.2) is 6.20 Å². The van der Waals surface area contributed by atoms with Crippen molar-refractivity contribution >= 4 is 16.5 Å². The second-order valence-corrected chi connectivity index (χ2v) is 6.37. The van der Waals surface area contributed by atoms with Crippen LogP contribution >= 0.6 is 11.3 Å². The number of halogens is 3. The highest BCUT2D eigenvalue weighted by Crippen LogP contribution is 2.41. The summed E-state index contributed by atoms with van der Waals surface area (Å²) in [7, 11) is 0. The summed E-state index contributed by atoms with van der Waals surface area (Å²) >= 11 is 1.54. The van der Waals surface area contributed by atoms with Crippen LogP contribution in [0.4, 0.5) is 18.3 Å². The molecule has 0 aliphatic carbocycles. The van der Waals surface area contributed by atoms with E-state index >= 15 is 0 Å². The second-order valence-electron chi connectivity index (χ2n) is 5.16. The van der Waals surface area contributed by atoms with E-state index in [-0.39, 0.29) is 0 Å². The number of alkyl halides is 3. The summed E-state index contributed by atoms with van der Waals surface area (Å²) in [6.45, 7) is 3.83. The predicted molar refractivity (Wildman–Crippen MR) is 68.5 cm³/mol.